The number of ether oxygens (including phenoxy) is 1. The first-order chi connectivity index (χ1) is 8.28. The molecule has 2 aliphatic rings. The molecule has 0 bridgehead atoms. The van der Waals surface area contributed by atoms with E-state index in [2.05, 4.69) is 29.6 Å². The Morgan fingerprint density at radius 2 is 1.94 bits per heavy atom. The Hall–Kier alpha value is -1.77. The van der Waals surface area contributed by atoms with Crippen molar-refractivity contribution in [2.45, 2.75) is 30.9 Å². The molecule has 1 aliphatic heterocycles. The van der Waals surface area contributed by atoms with E-state index < -0.39 is 0 Å². The van der Waals surface area contributed by atoms with Crippen molar-refractivity contribution in [1.29, 1.82) is 0 Å². The molecule has 1 heterocycles. The van der Waals surface area contributed by atoms with Gasteiger partial charge in [-0.1, -0.05) is 42.5 Å². The Morgan fingerprint density at radius 1 is 1.24 bits per heavy atom. The highest BCUT2D eigenvalue weighted by molar-refractivity contribution is 5.71. The Labute approximate surface area is 100 Å². The number of alkyl carbamates (subject to hydrolysis) is 1. The largest absolute Gasteiger partial charge is 0.440 e. The van der Waals surface area contributed by atoms with Crippen LogP contribution in [0.25, 0.3) is 0 Å². The Balaban J connectivity index is 1.80. The summed E-state index contributed by atoms with van der Waals surface area (Å²) in [4.78, 5) is 11.4. The average Bonchev–Trinajstić information content (AvgIpc) is 2.90. The minimum Gasteiger partial charge on any atom is -0.440 e. The van der Waals surface area contributed by atoms with Crippen LogP contribution in [0.3, 0.4) is 0 Å². The van der Waals surface area contributed by atoms with E-state index in [0.717, 1.165) is 19.3 Å². The third kappa shape index (κ3) is 1.82. The van der Waals surface area contributed by atoms with Crippen molar-refractivity contribution < 1.29 is 9.53 Å². The molecule has 1 aromatic carbocycles. The van der Waals surface area contributed by atoms with Crippen molar-refractivity contribution in [2.75, 3.05) is 0 Å². The molecular weight excluding hydrogens is 214 g/mol. The molecule has 1 spiro atoms. The highest BCUT2D eigenvalue weighted by Crippen LogP contribution is 2.36. The van der Waals surface area contributed by atoms with Gasteiger partial charge in [0.2, 0.25) is 0 Å². The maximum atomic E-state index is 11.4. The van der Waals surface area contributed by atoms with E-state index in [0.29, 0.717) is 0 Å². The van der Waals surface area contributed by atoms with Crippen molar-refractivity contribution >= 4 is 6.09 Å². The summed E-state index contributed by atoms with van der Waals surface area (Å²) in [5.41, 5.74) is 0.891. The first-order valence-corrected chi connectivity index (χ1v) is 5.97. The lowest BCUT2D eigenvalue weighted by atomic mass is 9.88. The molecule has 0 aromatic heterocycles. The van der Waals surface area contributed by atoms with Crippen molar-refractivity contribution in [3.63, 3.8) is 0 Å². The van der Waals surface area contributed by atoms with Crippen LogP contribution in [0.15, 0.2) is 42.5 Å². The molecule has 3 heteroatoms. The topological polar surface area (TPSA) is 38.3 Å². The number of benzene rings is 1. The maximum absolute atomic E-state index is 11.4. The van der Waals surface area contributed by atoms with E-state index in [-0.39, 0.29) is 17.7 Å². The second-order valence-electron chi connectivity index (χ2n) is 4.72. The molecule has 1 N–H and O–H groups in total. The SMILES string of the molecule is O=C1NC(Cc2ccccc2)C2(CC=CC2)O1. The number of amides is 1. The van der Waals surface area contributed by atoms with Gasteiger partial charge in [0.05, 0.1) is 6.04 Å². The third-order valence-corrected chi connectivity index (χ3v) is 3.60. The monoisotopic (exact) mass is 229 g/mol. The van der Waals surface area contributed by atoms with Gasteiger partial charge in [-0.05, 0) is 12.0 Å². The molecule has 1 atom stereocenters. The van der Waals surface area contributed by atoms with E-state index in [1.54, 1.807) is 0 Å². The van der Waals surface area contributed by atoms with Crippen LogP contribution in [0.5, 0.6) is 0 Å². The van der Waals surface area contributed by atoms with E-state index in [1.807, 2.05) is 18.2 Å². The van der Waals surface area contributed by atoms with Crippen LogP contribution in [0.1, 0.15) is 18.4 Å². The Morgan fingerprint density at radius 3 is 2.65 bits per heavy atom. The lowest BCUT2D eigenvalue weighted by Crippen LogP contribution is -2.43. The summed E-state index contributed by atoms with van der Waals surface area (Å²) in [7, 11) is 0. The predicted octanol–water partition coefficient (Wildman–Crippen LogP) is 2.43. The normalized spacial score (nSPS) is 24.9. The summed E-state index contributed by atoms with van der Waals surface area (Å²) < 4.78 is 5.48. The van der Waals surface area contributed by atoms with Gasteiger partial charge in [0.25, 0.3) is 0 Å². The number of hydrogen-bond donors (Lipinski definition) is 1. The predicted molar refractivity (Wildman–Crippen MR) is 64.7 cm³/mol. The van der Waals surface area contributed by atoms with Crippen LogP contribution < -0.4 is 5.32 Å². The highest BCUT2D eigenvalue weighted by Gasteiger charge is 2.48. The van der Waals surface area contributed by atoms with Crippen LogP contribution in [-0.2, 0) is 11.2 Å². The van der Waals surface area contributed by atoms with Crippen LogP contribution in [0, 0.1) is 0 Å². The summed E-state index contributed by atoms with van der Waals surface area (Å²) in [5.74, 6) is 0. The maximum Gasteiger partial charge on any atom is 0.408 e. The van der Waals surface area contributed by atoms with E-state index >= 15 is 0 Å². The summed E-state index contributed by atoms with van der Waals surface area (Å²) in [6, 6.07) is 10.3. The molecule has 1 saturated heterocycles. The van der Waals surface area contributed by atoms with Gasteiger partial charge in [0.1, 0.15) is 5.60 Å². The molecule has 0 saturated carbocycles. The zero-order chi connectivity index (χ0) is 11.7. The fraction of sp³-hybridized carbons (Fsp3) is 0.357. The number of nitrogens with one attached hydrogen (secondary N) is 1. The van der Waals surface area contributed by atoms with Gasteiger partial charge in [0.15, 0.2) is 0 Å². The lowest BCUT2D eigenvalue weighted by Gasteiger charge is -2.27. The minimum absolute atomic E-state index is 0.0763. The molecule has 1 amide bonds. The summed E-state index contributed by atoms with van der Waals surface area (Å²) in [5, 5.41) is 2.93. The van der Waals surface area contributed by atoms with Crippen molar-refractivity contribution in [3.05, 3.63) is 48.0 Å². The second-order valence-corrected chi connectivity index (χ2v) is 4.72. The number of carbonyl (C=O) groups excluding carboxylic acids is 1. The fourth-order valence-corrected chi connectivity index (χ4v) is 2.66. The molecule has 0 radical (unpaired) electrons. The smallest absolute Gasteiger partial charge is 0.408 e. The van der Waals surface area contributed by atoms with Crippen LogP contribution in [0.4, 0.5) is 4.79 Å². The van der Waals surface area contributed by atoms with Crippen LogP contribution in [0.2, 0.25) is 0 Å². The van der Waals surface area contributed by atoms with Crippen molar-refractivity contribution in [3.8, 4) is 0 Å². The zero-order valence-corrected chi connectivity index (χ0v) is 9.56. The zero-order valence-electron chi connectivity index (χ0n) is 9.56. The summed E-state index contributed by atoms with van der Waals surface area (Å²) >= 11 is 0. The molecule has 88 valence electrons. The fourth-order valence-electron chi connectivity index (χ4n) is 2.66. The van der Waals surface area contributed by atoms with Gasteiger partial charge in [-0.3, -0.25) is 0 Å². The molecule has 1 aromatic rings. The highest BCUT2D eigenvalue weighted by atomic mass is 16.6. The molecule has 3 nitrogen and oxygen atoms in total. The van der Waals surface area contributed by atoms with Crippen molar-refractivity contribution in [2.24, 2.45) is 0 Å². The second kappa shape index (κ2) is 3.91. The lowest BCUT2D eigenvalue weighted by molar-refractivity contribution is 0.0473. The van der Waals surface area contributed by atoms with E-state index in [4.69, 9.17) is 4.74 Å². The van der Waals surface area contributed by atoms with Crippen molar-refractivity contribution in [1.82, 2.24) is 5.32 Å². The molecule has 3 rings (SSSR count). The van der Waals surface area contributed by atoms with Gasteiger partial charge < -0.3 is 10.1 Å². The molecule has 1 fully saturated rings. The molecule has 1 aliphatic carbocycles. The summed E-state index contributed by atoms with van der Waals surface area (Å²) in [6.07, 6.45) is 6.38. The van der Waals surface area contributed by atoms with Crippen LogP contribution >= 0.6 is 0 Å². The van der Waals surface area contributed by atoms with Gasteiger partial charge in [-0.15, -0.1) is 0 Å². The Bertz CT molecular complexity index is 445. The Kier molecular flexibility index (Phi) is 2.39. The average molecular weight is 229 g/mol. The van der Waals surface area contributed by atoms with E-state index in [9.17, 15) is 4.79 Å². The molecule has 1 unspecified atom stereocenters. The number of rotatable bonds is 2. The molecular formula is C14H15NO2. The van der Waals surface area contributed by atoms with Gasteiger partial charge in [-0.2, -0.15) is 0 Å². The van der Waals surface area contributed by atoms with Gasteiger partial charge in [0, 0.05) is 12.8 Å². The summed E-state index contributed by atoms with van der Waals surface area (Å²) in [6.45, 7) is 0. The van der Waals surface area contributed by atoms with Gasteiger partial charge >= 0.3 is 6.09 Å². The first kappa shape index (κ1) is 10.4. The van der Waals surface area contributed by atoms with Crippen LogP contribution in [-0.4, -0.2) is 17.7 Å². The number of carbonyl (C=O) groups is 1. The number of hydrogen-bond acceptors (Lipinski definition) is 2. The third-order valence-electron chi connectivity index (χ3n) is 3.60. The first-order valence-electron chi connectivity index (χ1n) is 5.97. The quantitative estimate of drug-likeness (QED) is 0.791. The standard InChI is InChI=1S/C14H15NO2/c16-13-15-12(10-11-6-2-1-3-7-11)14(17-13)8-4-5-9-14/h1-7,12H,8-10H2,(H,15,16). The molecule has 17 heavy (non-hydrogen) atoms. The van der Waals surface area contributed by atoms with Gasteiger partial charge in [-0.25, -0.2) is 4.79 Å². The minimum atomic E-state index is -0.340. The van der Waals surface area contributed by atoms with E-state index in [1.165, 1.54) is 5.56 Å².